The average Bonchev–Trinajstić information content (AvgIpc) is 3.46. The van der Waals surface area contributed by atoms with Crippen molar-refractivity contribution in [3.8, 4) is 28.7 Å². The SMILES string of the molecule is C=C(C)/C=C\C.C=CC1=C(/C=C\C)C(C)C2=C1CCC=C2.CC.CC.CC.COc1ccc(/C=C\c2cc(OC)c(OC)c(OC)c2)cc1OC=O. The third-order valence-corrected chi connectivity index (χ3v) is 7.30. The number of allylic oxidation sites excluding steroid dienone is 12. The summed E-state index contributed by atoms with van der Waals surface area (Å²) in [5.74, 6) is 3.05. The van der Waals surface area contributed by atoms with E-state index in [4.69, 9.17) is 23.7 Å². The van der Waals surface area contributed by atoms with E-state index in [1.54, 1.807) is 33.5 Å². The zero-order valence-electron chi connectivity index (χ0n) is 34.5. The summed E-state index contributed by atoms with van der Waals surface area (Å²) in [5, 5.41) is 0. The van der Waals surface area contributed by atoms with Gasteiger partial charge in [0.25, 0.3) is 6.47 Å². The Morgan fingerprint density at radius 3 is 1.77 bits per heavy atom. The monoisotopic (exact) mass is 714 g/mol. The number of benzene rings is 2. The fraction of sp³-hybridized carbons (Fsp3) is 0.370. The molecule has 0 saturated heterocycles. The molecular weight excluding hydrogens is 649 g/mol. The predicted octanol–water partition coefficient (Wildman–Crippen LogP) is 13.0. The Kier molecular flexibility index (Phi) is 28.1. The van der Waals surface area contributed by atoms with Crippen LogP contribution in [0.4, 0.5) is 0 Å². The standard InChI is InChI=1S/C19H20O6.C15H18.C6H10.3C2H6/c1-21-15-8-7-13(9-16(15)25-12-20)5-6-14-10-17(22-2)19(24-4)18(11-14)23-3;1-4-8-13-11(3)14-9-6-7-10-15(14)12(13)5-2;1-4-5-6(2)3;3*1-2/h5-12H,1-4H3;4-6,8-9,11H,2,7,10H2,1,3H3;4-5H,2H2,1,3H3;3*1-2H3/b6-5-;8-4-;5-4-;;;. The molecular formula is C46H66O6. The lowest BCUT2D eigenvalue weighted by Crippen LogP contribution is -1.97. The second kappa shape index (κ2) is 29.7. The normalized spacial score (nSPS) is 13.8. The van der Waals surface area contributed by atoms with Crippen molar-refractivity contribution in [2.24, 2.45) is 5.92 Å². The van der Waals surface area contributed by atoms with Crippen molar-refractivity contribution in [3.63, 3.8) is 0 Å². The lowest BCUT2D eigenvalue weighted by molar-refractivity contribution is -0.120. The van der Waals surface area contributed by atoms with Gasteiger partial charge in [-0.15, -0.1) is 0 Å². The van der Waals surface area contributed by atoms with Crippen LogP contribution in [0.1, 0.15) is 93.2 Å². The Labute approximate surface area is 316 Å². The Morgan fingerprint density at radius 1 is 0.769 bits per heavy atom. The summed E-state index contributed by atoms with van der Waals surface area (Å²) in [4.78, 5) is 10.6. The van der Waals surface area contributed by atoms with Crippen molar-refractivity contribution in [1.82, 2.24) is 0 Å². The largest absolute Gasteiger partial charge is 0.493 e. The van der Waals surface area contributed by atoms with Crippen molar-refractivity contribution in [2.45, 2.75) is 82.1 Å². The molecule has 0 N–H and O–H groups in total. The van der Waals surface area contributed by atoms with Crippen LogP contribution >= 0.6 is 0 Å². The summed E-state index contributed by atoms with van der Waals surface area (Å²) in [5.41, 5.74) is 8.65. The molecule has 0 bridgehead atoms. The third-order valence-electron chi connectivity index (χ3n) is 7.30. The first kappa shape index (κ1) is 49.1. The van der Waals surface area contributed by atoms with E-state index in [9.17, 15) is 4.79 Å². The first-order valence-corrected chi connectivity index (χ1v) is 18.2. The van der Waals surface area contributed by atoms with E-state index in [1.165, 1.54) is 42.2 Å². The van der Waals surface area contributed by atoms with Gasteiger partial charge in [-0.1, -0.05) is 128 Å². The minimum absolute atomic E-state index is 0.351. The van der Waals surface area contributed by atoms with Crippen LogP contribution in [-0.4, -0.2) is 34.9 Å². The number of carbonyl (C=O) groups is 1. The zero-order valence-corrected chi connectivity index (χ0v) is 34.5. The molecule has 6 nitrogen and oxygen atoms in total. The number of hydrogen-bond donors (Lipinski definition) is 0. The molecule has 0 amide bonds. The fourth-order valence-electron chi connectivity index (χ4n) is 5.22. The second-order valence-electron chi connectivity index (χ2n) is 10.4. The number of carbonyl (C=O) groups excluding carboxylic acids is 1. The summed E-state index contributed by atoms with van der Waals surface area (Å²) >= 11 is 0. The van der Waals surface area contributed by atoms with Gasteiger partial charge in [0.05, 0.1) is 28.4 Å². The topological polar surface area (TPSA) is 63.2 Å². The molecule has 286 valence electrons. The lowest BCUT2D eigenvalue weighted by atomic mass is 9.92. The summed E-state index contributed by atoms with van der Waals surface area (Å²) in [7, 11) is 6.20. The summed E-state index contributed by atoms with van der Waals surface area (Å²) < 4.78 is 26.1. The van der Waals surface area contributed by atoms with Crippen LogP contribution in [0.2, 0.25) is 0 Å². The first-order valence-electron chi connectivity index (χ1n) is 18.2. The van der Waals surface area contributed by atoms with Crippen LogP contribution in [0.5, 0.6) is 28.7 Å². The summed E-state index contributed by atoms with van der Waals surface area (Å²) in [6.07, 6.45) is 21.0. The first-order chi connectivity index (χ1) is 25.2. The molecule has 4 rings (SSSR count). The Morgan fingerprint density at radius 2 is 1.33 bits per heavy atom. The van der Waals surface area contributed by atoms with Gasteiger partial charge in [0, 0.05) is 5.92 Å². The molecule has 52 heavy (non-hydrogen) atoms. The van der Waals surface area contributed by atoms with Gasteiger partial charge < -0.3 is 23.7 Å². The molecule has 2 aromatic carbocycles. The highest BCUT2D eigenvalue weighted by molar-refractivity contribution is 5.74. The number of rotatable bonds is 11. The Balaban J connectivity index is 0. The minimum atomic E-state index is 0.351. The molecule has 1 atom stereocenters. The van der Waals surface area contributed by atoms with Crippen LogP contribution in [0.3, 0.4) is 0 Å². The zero-order chi connectivity index (χ0) is 40.1. The van der Waals surface area contributed by atoms with Gasteiger partial charge >= 0.3 is 0 Å². The number of hydrogen-bond acceptors (Lipinski definition) is 6. The van der Waals surface area contributed by atoms with Crippen LogP contribution in [0, 0.1) is 5.92 Å². The van der Waals surface area contributed by atoms with E-state index < -0.39 is 0 Å². The van der Waals surface area contributed by atoms with E-state index in [1.807, 2.05) is 104 Å². The van der Waals surface area contributed by atoms with Gasteiger partial charge in [-0.25, -0.2) is 0 Å². The van der Waals surface area contributed by atoms with E-state index >= 15 is 0 Å². The minimum Gasteiger partial charge on any atom is -0.493 e. The van der Waals surface area contributed by atoms with Crippen LogP contribution in [0.25, 0.3) is 12.2 Å². The molecule has 0 spiro atoms. The van der Waals surface area contributed by atoms with Crippen molar-refractivity contribution in [3.05, 3.63) is 125 Å². The van der Waals surface area contributed by atoms with Crippen LogP contribution < -0.4 is 23.7 Å². The quantitative estimate of drug-likeness (QED) is 0.131. The van der Waals surface area contributed by atoms with E-state index in [-0.39, 0.29) is 0 Å². The smallest absolute Gasteiger partial charge is 0.298 e. The van der Waals surface area contributed by atoms with Gasteiger partial charge in [-0.05, 0) is 91.3 Å². The number of ether oxygens (including phenoxy) is 5. The summed E-state index contributed by atoms with van der Waals surface area (Å²) in [6, 6.07) is 8.97. The van der Waals surface area contributed by atoms with Gasteiger partial charge in [0.2, 0.25) is 5.75 Å². The molecule has 0 heterocycles. The van der Waals surface area contributed by atoms with Gasteiger partial charge in [-0.3, -0.25) is 4.79 Å². The van der Waals surface area contributed by atoms with E-state index in [0.29, 0.717) is 41.1 Å². The lowest BCUT2D eigenvalue weighted by Gasteiger charge is -2.12. The van der Waals surface area contributed by atoms with Crippen molar-refractivity contribution in [2.75, 3.05) is 28.4 Å². The number of methoxy groups -OCH3 is 4. The maximum Gasteiger partial charge on any atom is 0.298 e. The molecule has 6 heteroatoms. The molecule has 0 saturated carbocycles. The van der Waals surface area contributed by atoms with Crippen molar-refractivity contribution in [1.29, 1.82) is 0 Å². The molecule has 1 unspecified atom stereocenters. The maximum atomic E-state index is 10.6. The highest BCUT2D eigenvalue weighted by Gasteiger charge is 2.27. The van der Waals surface area contributed by atoms with Gasteiger partial charge in [0.1, 0.15) is 0 Å². The average molecular weight is 715 g/mol. The molecule has 0 aliphatic heterocycles. The van der Waals surface area contributed by atoms with Gasteiger partial charge in [0.15, 0.2) is 23.0 Å². The summed E-state index contributed by atoms with van der Waals surface area (Å²) in [6.45, 7) is 28.3. The highest BCUT2D eigenvalue weighted by Crippen LogP contribution is 2.43. The van der Waals surface area contributed by atoms with Crippen LogP contribution in [0.15, 0.2) is 114 Å². The molecule has 2 aliphatic rings. The van der Waals surface area contributed by atoms with E-state index in [0.717, 1.165) is 16.7 Å². The van der Waals surface area contributed by atoms with Crippen molar-refractivity contribution >= 4 is 18.6 Å². The Bertz CT molecular complexity index is 1520. The highest BCUT2D eigenvalue weighted by atomic mass is 16.5. The van der Waals surface area contributed by atoms with E-state index in [2.05, 4.69) is 51.3 Å². The third kappa shape index (κ3) is 15.5. The molecule has 2 aromatic rings. The molecule has 0 fully saturated rings. The van der Waals surface area contributed by atoms with Crippen molar-refractivity contribution < 1.29 is 28.5 Å². The Hall–Kier alpha value is -4.97. The molecule has 0 radical (unpaired) electrons. The maximum absolute atomic E-state index is 10.6. The second-order valence-corrected chi connectivity index (χ2v) is 10.4. The molecule has 2 aliphatic carbocycles. The van der Waals surface area contributed by atoms with Crippen LogP contribution in [-0.2, 0) is 4.79 Å². The predicted molar refractivity (Wildman–Crippen MR) is 225 cm³/mol. The molecule has 0 aromatic heterocycles. The van der Waals surface area contributed by atoms with Gasteiger partial charge in [-0.2, -0.15) is 0 Å². The fourth-order valence-corrected chi connectivity index (χ4v) is 5.22.